The van der Waals surface area contributed by atoms with Gasteiger partial charge in [0.1, 0.15) is 11.5 Å². The van der Waals surface area contributed by atoms with E-state index in [1.54, 1.807) is 75.0 Å². The predicted octanol–water partition coefficient (Wildman–Crippen LogP) is 6.47. The number of pyridine rings is 1. The second-order valence-corrected chi connectivity index (χ2v) is 7.57. The van der Waals surface area contributed by atoms with Gasteiger partial charge in [-0.1, -0.05) is 11.6 Å². The quantitative estimate of drug-likeness (QED) is 0.354. The van der Waals surface area contributed by atoms with Crippen LogP contribution in [0, 0.1) is 6.92 Å². The third-order valence-corrected chi connectivity index (χ3v) is 5.16. The molecule has 0 bridgehead atoms. The molecule has 1 N–H and O–H groups in total. The van der Waals surface area contributed by atoms with Gasteiger partial charge in [-0.3, -0.25) is 4.98 Å². The Morgan fingerprint density at radius 1 is 0.939 bits per heavy atom. The number of hydrogen-bond acceptors (Lipinski definition) is 5. The third-order valence-electron chi connectivity index (χ3n) is 4.92. The maximum Gasteiger partial charge on any atom is 0.345 e. The van der Waals surface area contributed by atoms with Crippen LogP contribution < -0.4 is 24.8 Å². The van der Waals surface area contributed by atoms with Crippen LogP contribution in [-0.2, 0) is 0 Å². The monoisotopic (exact) mass is 462 g/mol. The molecule has 167 valence electrons. The summed E-state index contributed by atoms with van der Waals surface area (Å²) in [7, 11) is 3.16. The molecular formula is C25H21ClN3O4. The molecule has 0 fully saturated rings. The maximum absolute atomic E-state index is 12.3. The topological polar surface area (TPSA) is 83.8 Å². The summed E-state index contributed by atoms with van der Waals surface area (Å²) < 4.78 is 16.8. The maximum atomic E-state index is 12.3. The third kappa shape index (κ3) is 5.10. The number of carbonyl (C=O) groups is 1. The molecule has 0 spiro atoms. The molecule has 3 aromatic carbocycles. The number of aromatic nitrogens is 1. The molecule has 33 heavy (non-hydrogen) atoms. The Morgan fingerprint density at radius 2 is 1.67 bits per heavy atom. The smallest absolute Gasteiger partial charge is 0.345 e. The Bertz CT molecular complexity index is 1310. The summed E-state index contributed by atoms with van der Waals surface area (Å²) in [6, 6.07) is 17.1. The van der Waals surface area contributed by atoms with Gasteiger partial charge in [0.2, 0.25) is 0 Å². The normalized spacial score (nSPS) is 10.5. The molecule has 1 aromatic heterocycles. The van der Waals surface area contributed by atoms with Gasteiger partial charge in [-0.25, -0.2) is 4.79 Å². The van der Waals surface area contributed by atoms with Crippen LogP contribution in [-0.4, -0.2) is 25.2 Å². The average molecular weight is 463 g/mol. The van der Waals surface area contributed by atoms with Crippen LogP contribution in [0.15, 0.2) is 66.9 Å². The Labute approximate surface area is 196 Å². The number of halogens is 1. The van der Waals surface area contributed by atoms with Crippen LogP contribution in [0.4, 0.5) is 16.2 Å². The lowest BCUT2D eigenvalue weighted by atomic mass is 10.2. The molecule has 0 aliphatic carbocycles. The second-order valence-electron chi connectivity index (χ2n) is 7.13. The Morgan fingerprint density at radius 3 is 2.36 bits per heavy atom. The fraction of sp³-hybridized carbons (Fsp3) is 0.120. The van der Waals surface area contributed by atoms with Crippen molar-refractivity contribution in [1.82, 2.24) is 10.3 Å². The van der Waals surface area contributed by atoms with Crippen molar-refractivity contribution in [2.45, 2.75) is 6.92 Å². The van der Waals surface area contributed by atoms with E-state index in [1.807, 2.05) is 13.0 Å². The molecule has 0 aliphatic rings. The number of nitrogens with zero attached hydrogens (tertiary/aromatic N) is 2. The van der Waals surface area contributed by atoms with E-state index in [0.29, 0.717) is 44.9 Å². The van der Waals surface area contributed by atoms with Crippen LogP contribution in [0.2, 0.25) is 5.02 Å². The largest absolute Gasteiger partial charge is 0.493 e. The van der Waals surface area contributed by atoms with Crippen LogP contribution in [0.5, 0.6) is 23.0 Å². The average Bonchev–Trinajstić information content (AvgIpc) is 2.81. The summed E-state index contributed by atoms with van der Waals surface area (Å²) in [5.41, 5.74) is 2.69. The standard InChI is InChI=1S/C25H21ClN3O4/c1-15-12-16(26)4-9-20(15)29-25(30)28-17-5-7-18(8-6-17)33-22-10-11-27-21-14-24(32-3)23(31-2)13-19(21)22/h4-14H,1-3H3,(H,28,30). The summed E-state index contributed by atoms with van der Waals surface area (Å²) in [4.78, 5) is 16.7. The van der Waals surface area contributed by atoms with Crippen LogP contribution in [0.25, 0.3) is 10.9 Å². The molecule has 7 nitrogen and oxygen atoms in total. The van der Waals surface area contributed by atoms with Gasteiger partial charge in [0.25, 0.3) is 0 Å². The zero-order chi connectivity index (χ0) is 23.4. The van der Waals surface area contributed by atoms with Gasteiger partial charge in [-0.05, 0) is 67.1 Å². The van der Waals surface area contributed by atoms with E-state index >= 15 is 0 Å². The molecular weight excluding hydrogens is 442 g/mol. The molecule has 0 unspecified atom stereocenters. The number of benzene rings is 3. The van der Waals surface area contributed by atoms with Gasteiger partial charge < -0.3 is 19.5 Å². The van der Waals surface area contributed by atoms with Crippen molar-refractivity contribution in [1.29, 1.82) is 0 Å². The number of fused-ring (bicyclic) bond motifs is 1. The second kappa shape index (κ2) is 9.67. The number of carbonyl (C=O) groups excluding carboxylic acids is 1. The van der Waals surface area contributed by atoms with Crippen molar-refractivity contribution in [2.24, 2.45) is 0 Å². The van der Waals surface area contributed by atoms with E-state index in [2.05, 4.69) is 15.6 Å². The molecule has 2 amide bonds. The minimum atomic E-state index is -0.477. The molecule has 4 aromatic rings. The molecule has 8 heteroatoms. The fourth-order valence-electron chi connectivity index (χ4n) is 3.27. The van der Waals surface area contributed by atoms with Crippen molar-refractivity contribution in [3.8, 4) is 23.0 Å². The van der Waals surface area contributed by atoms with E-state index in [1.165, 1.54) is 0 Å². The summed E-state index contributed by atoms with van der Waals surface area (Å²) in [5.74, 6) is 2.39. The Hall–Kier alpha value is -3.97. The molecule has 1 radical (unpaired) electrons. The highest BCUT2D eigenvalue weighted by atomic mass is 35.5. The number of methoxy groups -OCH3 is 2. The van der Waals surface area contributed by atoms with Crippen molar-refractivity contribution < 1.29 is 19.0 Å². The highest BCUT2D eigenvalue weighted by Gasteiger charge is 2.12. The van der Waals surface area contributed by atoms with Gasteiger partial charge in [0.05, 0.1) is 25.4 Å². The van der Waals surface area contributed by atoms with Crippen molar-refractivity contribution >= 4 is 39.9 Å². The molecule has 0 aliphatic heterocycles. The zero-order valence-electron chi connectivity index (χ0n) is 18.3. The lowest BCUT2D eigenvalue weighted by Crippen LogP contribution is -2.18. The number of nitrogens with one attached hydrogen (secondary N) is 1. The SMILES string of the molecule is COc1cc2nccc(Oc3ccc(NC(=O)[N]c4ccc(Cl)cc4C)cc3)c2cc1OC. The Balaban J connectivity index is 1.47. The number of anilines is 1. The first-order valence-electron chi connectivity index (χ1n) is 10.0. The fourth-order valence-corrected chi connectivity index (χ4v) is 3.50. The molecule has 0 atom stereocenters. The van der Waals surface area contributed by atoms with Crippen LogP contribution in [0.1, 0.15) is 5.56 Å². The molecule has 1 heterocycles. The van der Waals surface area contributed by atoms with Crippen molar-refractivity contribution in [2.75, 3.05) is 19.5 Å². The zero-order valence-corrected chi connectivity index (χ0v) is 19.0. The van der Waals surface area contributed by atoms with E-state index < -0.39 is 6.03 Å². The van der Waals surface area contributed by atoms with Crippen LogP contribution >= 0.6 is 11.6 Å². The van der Waals surface area contributed by atoms with E-state index in [-0.39, 0.29) is 0 Å². The number of aryl methyl sites for hydroxylation is 1. The molecule has 4 rings (SSSR count). The number of amides is 2. The number of urea groups is 1. The first-order valence-corrected chi connectivity index (χ1v) is 10.4. The summed E-state index contributed by atoms with van der Waals surface area (Å²) in [5, 5.41) is 8.21. The van der Waals surface area contributed by atoms with Crippen molar-refractivity contribution in [3.63, 3.8) is 0 Å². The minimum absolute atomic E-state index is 0.477. The number of hydrogen-bond donors (Lipinski definition) is 1. The lowest BCUT2D eigenvalue weighted by Gasteiger charge is -2.13. The van der Waals surface area contributed by atoms with E-state index in [9.17, 15) is 4.79 Å². The highest BCUT2D eigenvalue weighted by molar-refractivity contribution is 6.30. The molecule has 0 saturated carbocycles. The van der Waals surface area contributed by atoms with E-state index in [4.69, 9.17) is 25.8 Å². The van der Waals surface area contributed by atoms with Gasteiger partial charge in [-0.15, -0.1) is 0 Å². The lowest BCUT2D eigenvalue weighted by molar-refractivity contribution is 0.255. The van der Waals surface area contributed by atoms with Crippen LogP contribution in [0.3, 0.4) is 0 Å². The Kier molecular flexibility index (Phi) is 6.51. The first-order chi connectivity index (χ1) is 16.0. The summed E-state index contributed by atoms with van der Waals surface area (Å²) >= 11 is 5.95. The summed E-state index contributed by atoms with van der Waals surface area (Å²) in [6.45, 7) is 1.85. The number of rotatable bonds is 6. The first kappa shape index (κ1) is 22.2. The van der Waals surface area contributed by atoms with Gasteiger partial charge >= 0.3 is 6.03 Å². The van der Waals surface area contributed by atoms with Gasteiger partial charge in [-0.2, -0.15) is 5.32 Å². The van der Waals surface area contributed by atoms with E-state index in [0.717, 1.165) is 10.9 Å². The van der Waals surface area contributed by atoms with Gasteiger partial charge in [0.15, 0.2) is 11.5 Å². The minimum Gasteiger partial charge on any atom is -0.493 e. The predicted molar refractivity (Wildman–Crippen MR) is 128 cm³/mol. The number of ether oxygens (including phenoxy) is 3. The van der Waals surface area contributed by atoms with Crippen molar-refractivity contribution in [3.05, 3.63) is 77.4 Å². The molecule has 0 saturated heterocycles. The summed E-state index contributed by atoms with van der Waals surface area (Å²) in [6.07, 6.45) is 1.67. The highest BCUT2D eigenvalue weighted by Crippen LogP contribution is 2.37. The van der Waals surface area contributed by atoms with Gasteiger partial charge in [0, 0.05) is 28.4 Å².